The lowest BCUT2D eigenvalue weighted by Crippen LogP contribution is -2.19. The van der Waals surface area contributed by atoms with Crippen molar-refractivity contribution in [2.45, 2.75) is 19.4 Å². The molecule has 1 fully saturated rings. The number of carbonyl (C=O) groups is 1. The van der Waals surface area contributed by atoms with Gasteiger partial charge in [-0.3, -0.25) is 9.78 Å². The van der Waals surface area contributed by atoms with E-state index in [1.165, 1.54) is 12.3 Å². The van der Waals surface area contributed by atoms with Crippen molar-refractivity contribution >= 4 is 28.3 Å². The lowest BCUT2D eigenvalue weighted by atomic mass is 10.0. The third-order valence-electron chi connectivity index (χ3n) is 4.58. The van der Waals surface area contributed by atoms with Crippen molar-refractivity contribution in [2.24, 2.45) is 11.7 Å². The van der Waals surface area contributed by atoms with Crippen LogP contribution in [0, 0.1) is 18.7 Å². The molecule has 5 N–H and O–H groups in total. The summed E-state index contributed by atoms with van der Waals surface area (Å²) in [6.45, 7) is 1.84. The molecular formula is C18H17FN6O. The SMILES string of the molecule is Cc1ccncc1-c1nc(N)c2cnc(NC(=O)[C@H]3C[C@@H]3N)cc2c1F. The molecule has 8 heteroatoms. The van der Waals surface area contributed by atoms with Crippen molar-refractivity contribution in [3.8, 4) is 11.3 Å². The topological polar surface area (TPSA) is 120 Å². The van der Waals surface area contributed by atoms with Gasteiger partial charge in [-0.1, -0.05) is 0 Å². The first kappa shape index (κ1) is 16.3. The second-order valence-electron chi connectivity index (χ2n) is 6.46. The smallest absolute Gasteiger partial charge is 0.230 e. The fourth-order valence-electron chi connectivity index (χ4n) is 2.89. The Bertz CT molecular complexity index is 1040. The van der Waals surface area contributed by atoms with E-state index in [1.807, 2.05) is 6.92 Å². The Morgan fingerprint density at radius 1 is 1.35 bits per heavy atom. The summed E-state index contributed by atoms with van der Waals surface area (Å²) in [5.74, 6) is -0.552. The van der Waals surface area contributed by atoms with E-state index in [2.05, 4.69) is 20.3 Å². The normalized spacial score (nSPS) is 18.7. The molecule has 1 amide bonds. The van der Waals surface area contributed by atoms with Crippen LogP contribution in [0.25, 0.3) is 22.0 Å². The standard InChI is InChI=1S/C18H17FN6O/c1-8-2-3-22-6-11(8)16-15(19)9-5-14(23-7-12(9)17(21)25-16)24-18(26)10-4-13(10)20/h2-3,5-7,10,13H,4,20H2,1H3,(H2,21,25)(H,23,24,26)/t10-,13-/m0/s1. The van der Waals surface area contributed by atoms with Gasteiger partial charge in [0.2, 0.25) is 5.91 Å². The van der Waals surface area contributed by atoms with Gasteiger partial charge in [0.25, 0.3) is 0 Å². The summed E-state index contributed by atoms with van der Waals surface area (Å²) in [4.78, 5) is 24.4. The molecule has 3 aromatic heterocycles. The maximum atomic E-state index is 15.2. The third-order valence-corrected chi connectivity index (χ3v) is 4.58. The number of nitrogens with zero attached hydrogens (tertiary/aromatic N) is 3. The number of nitrogen functional groups attached to an aromatic ring is 1. The summed E-state index contributed by atoms with van der Waals surface area (Å²) in [5.41, 5.74) is 13.2. The second kappa shape index (κ2) is 5.99. The van der Waals surface area contributed by atoms with Crippen LogP contribution in [0.1, 0.15) is 12.0 Å². The summed E-state index contributed by atoms with van der Waals surface area (Å²) in [6, 6.07) is 3.12. The van der Waals surface area contributed by atoms with Gasteiger partial charge in [-0.15, -0.1) is 0 Å². The van der Waals surface area contributed by atoms with Crippen LogP contribution in [0.15, 0.2) is 30.7 Å². The third kappa shape index (κ3) is 2.74. The highest BCUT2D eigenvalue weighted by Crippen LogP contribution is 2.33. The molecule has 0 bridgehead atoms. The van der Waals surface area contributed by atoms with Crippen LogP contribution in [0.4, 0.5) is 16.0 Å². The van der Waals surface area contributed by atoms with Gasteiger partial charge in [-0.05, 0) is 31.0 Å². The van der Waals surface area contributed by atoms with Gasteiger partial charge in [-0.25, -0.2) is 14.4 Å². The van der Waals surface area contributed by atoms with Crippen LogP contribution in [0.3, 0.4) is 0 Å². The number of halogens is 1. The van der Waals surface area contributed by atoms with Crippen molar-refractivity contribution in [1.29, 1.82) is 0 Å². The maximum absolute atomic E-state index is 15.2. The van der Waals surface area contributed by atoms with Crippen LogP contribution < -0.4 is 16.8 Å². The van der Waals surface area contributed by atoms with Crippen LogP contribution in [-0.4, -0.2) is 26.9 Å². The molecule has 4 rings (SSSR count). The number of pyridine rings is 3. The van der Waals surface area contributed by atoms with E-state index in [0.29, 0.717) is 17.4 Å². The molecule has 26 heavy (non-hydrogen) atoms. The number of fused-ring (bicyclic) bond motifs is 1. The molecule has 1 saturated carbocycles. The number of hydrogen-bond donors (Lipinski definition) is 3. The van der Waals surface area contributed by atoms with Gasteiger partial charge in [-0.2, -0.15) is 0 Å². The molecule has 3 aromatic rings. The highest BCUT2D eigenvalue weighted by Gasteiger charge is 2.40. The molecule has 3 heterocycles. The quantitative estimate of drug-likeness (QED) is 0.663. The Balaban J connectivity index is 1.80. The molecule has 0 spiro atoms. The molecule has 0 aliphatic heterocycles. The molecule has 2 atom stereocenters. The van der Waals surface area contributed by atoms with E-state index in [0.717, 1.165) is 5.56 Å². The molecule has 7 nitrogen and oxygen atoms in total. The van der Waals surface area contributed by atoms with Crippen LogP contribution in [0.2, 0.25) is 0 Å². The molecule has 132 valence electrons. The summed E-state index contributed by atoms with van der Waals surface area (Å²) in [5, 5.41) is 3.29. The molecule has 0 saturated heterocycles. The molecule has 0 radical (unpaired) electrons. The fraction of sp³-hybridized carbons (Fsp3) is 0.222. The Kier molecular flexibility index (Phi) is 3.77. The van der Waals surface area contributed by atoms with Crippen molar-refractivity contribution in [3.63, 3.8) is 0 Å². The zero-order valence-corrected chi connectivity index (χ0v) is 14.0. The minimum Gasteiger partial charge on any atom is -0.383 e. The Labute approximate surface area is 148 Å². The molecule has 1 aliphatic rings. The van der Waals surface area contributed by atoms with E-state index in [9.17, 15) is 4.79 Å². The predicted octanol–water partition coefficient (Wildman–Crippen LogP) is 2.01. The van der Waals surface area contributed by atoms with Crippen LogP contribution >= 0.6 is 0 Å². The minimum absolute atomic E-state index is 0.118. The first-order valence-corrected chi connectivity index (χ1v) is 8.18. The van der Waals surface area contributed by atoms with Crippen molar-refractivity contribution in [1.82, 2.24) is 15.0 Å². The number of nitrogens with two attached hydrogens (primary N) is 2. The van der Waals surface area contributed by atoms with Crippen molar-refractivity contribution < 1.29 is 9.18 Å². The van der Waals surface area contributed by atoms with E-state index >= 15 is 4.39 Å². The summed E-state index contributed by atoms with van der Waals surface area (Å²) in [7, 11) is 0. The second-order valence-corrected chi connectivity index (χ2v) is 6.46. The number of aryl methyl sites for hydroxylation is 1. The van der Waals surface area contributed by atoms with Crippen molar-refractivity contribution in [2.75, 3.05) is 11.1 Å². The molecule has 1 aliphatic carbocycles. The monoisotopic (exact) mass is 352 g/mol. The van der Waals surface area contributed by atoms with Gasteiger partial charge in [0.05, 0.1) is 5.92 Å². The average molecular weight is 352 g/mol. The van der Waals surface area contributed by atoms with E-state index in [1.54, 1.807) is 18.5 Å². The summed E-state index contributed by atoms with van der Waals surface area (Å²) >= 11 is 0. The number of amides is 1. The predicted molar refractivity (Wildman–Crippen MR) is 96.6 cm³/mol. The lowest BCUT2D eigenvalue weighted by molar-refractivity contribution is -0.117. The zero-order chi connectivity index (χ0) is 18.4. The highest BCUT2D eigenvalue weighted by atomic mass is 19.1. The number of carbonyl (C=O) groups excluding carboxylic acids is 1. The fourth-order valence-corrected chi connectivity index (χ4v) is 2.89. The summed E-state index contributed by atoms with van der Waals surface area (Å²) in [6.07, 6.45) is 5.23. The van der Waals surface area contributed by atoms with Gasteiger partial charge in [0, 0.05) is 41.0 Å². The van der Waals surface area contributed by atoms with Gasteiger partial charge in [0.15, 0.2) is 5.82 Å². The number of aromatic nitrogens is 3. The van der Waals surface area contributed by atoms with Gasteiger partial charge < -0.3 is 16.8 Å². The number of rotatable bonds is 3. The Morgan fingerprint density at radius 2 is 2.12 bits per heavy atom. The maximum Gasteiger partial charge on any atom is 0.230 e. The van der Waals surface area contributed by atoms with E-state index in [-0.39, 0.29) is 40.6 Å². The Hall–Kier alpha value is -3.13. The Morgan fingerprint density at radius 3 is 2.81 bits per heavy atom. The van der Waals surface area contributed by atoms with Crippen LogP contribution in [0.5, 0.6) is 0 Å². The highest BCUT2D eigenvalue weighted by molar-refractivity contribution is 5.99. The number of nitrogens with one attached hydrogen (secondary N) is 1. The number of anilines is 2. The first-order chi connectivity index (χ1) is 12.5. The number of hydrogen-bond acceptors (Lipinski definition) is 6. The van der Waals surface area contributed by atoms with Gasteiger partial charge >= 0.3 is 0 Å². The molecule has 0 unspecified atom stereocenters. The average Bonchev–Trinajstić information content (AvgIpc) is 3.36. The largest absolute Gasteiger partial charge is 0.383 e. The van der Waals surface area contributed by atoms with E-state index < -0.39 is 5.82 Å². The minimum atomic E-state index is -0.536. The van der Waals surface area contributed by atoms with E-state index in [4.69, 9.17) is 11.5 Å². The van der Waals surface area contributed by atoms with Gasteiger partial charge in [0.1, 0.15) is 17.3 Å². The zero-order valence-electron chi connectivity index (χ0n) is 14.0. The first-order valence-electron chi connectivity index (χ1n) is 8.18. The molecular weight excluding hydrogens is 335 g/mol. The lowest BCUT2D eigenvalue weighted by Gasteiger charge is -2.11. The molecule has 0 aromatic carbocycles. The van der Waals surface area contributed by atoms with Crippen LogP contribution in [-0.2, 0) is 4.79 Å². The summed E-state index contributed by atoms with van der Waals surface area (Å²) < 4.78 is 15.2. The van der Waals surface area contributed by atoms with Crippen molar-refractivity contribution in [3.05, 3.63) is 42.1 Å².